The molecule has 0 unspecified atom stereocenters. The molecule has 0 aromatic heterocycles. The van der Waals surface area contributed by atoms with E-state index in [9.17, 15) is 0 Å². The van der Waals surface area contributed by atoms with E-state index < -0.39 is 0 Å². The van der Waals surface area contributed by atoms with Crippen molar-refractivity contribution in [2.45, 2.75) is 18.8 Å². The van der Waals surface area contributed by atoms with Gasteiger partial charge in [-0.15, -0.1) is 0 Å². The van der Waals surface area contributed by atoms with Crippen LogP contribution in [0.4, 0.5) is 0 Å². The lowest BCUT2D eigenvalue weighted by Gasteiger charge is -2.23. The molecule has 1 aromatic rings. The molecule has 1 atom stereocenters. The second-order valence-corrected chi connectivity index (χ2v) is 3.82. The molecule has 0 aliphatic carbocycles. The average Bonchev–Trinajstić information content (AvgIpc) is 2.30. The molecule has 1 saturated heterocycles. The third-order valence-electron chi connectivity index (χ3n) is 2.88. The van der Waals surface area contributed by atoms with Crippen LogP contribution in [-0.4, -0.2) is 20.2 Å². The lowest BCUT2D eigenvalue weighted by molar-refractivity contribution is 0.413. The standard InChI is InChI=1S/C12H17NO/c1-14-12-6-4-10(5-7-12)11-3-2-8-13-9-11/h4-7,11,13H,2-3,8-9H2,1H3/t11-/m0/s1. The maximum atomic E-state index is 5.14. The van der Waals surface area contributed by atoms with E-state index in [1.807, 2.05) is 12.1 Å². The van der Waals surface area contributed by atoms with Gasteiger partial charge in [-0.3, -0.25) is 0 Å². The molecule has 1 aromatic carbocycles. The summed E-state index contributed by atoms with van der Waals surface area (Å²) in [5.74, 6) is 1.63. The minimum atomic E-state index is 0.689. The Morgan fingerprint density at radius 3 is 2.64 bits per heavy atom. The van der Waals surface area contributed by atoms with Crippen molar-refractivity contribution in [1.82, 2.24) is 5.32 Å². The van der Waals surface area contributed by atoms with Gasteiger partial charge >= 0.3 is 0 Å². The predicted octanol–water partition coefficient (Wildman–Crippen LogP) is 2.16. The van der Waals surface area contributed by atoms with Gasteiger partial charge in [-0.1, -0.05) is 12.1 Å². The Morgan fingerprint density at radius 1 is 1.29 bits per heavy atom. The van der Waals surface area contributed by atoms with Crippen LogP contribution in [0.2, 0.25) is 0 Å². The number of piperidine rings is 1. The molecule has 0 amide bonds. The van der Waals surface area contributed by atoms with E-state index in [1.165, 1.54) is 24.9 Å². The first-order valence-corrected chi connectivity index (χ1v) is 5.25. The summed E-state index contributed by atoms with van der Waals surface area (Å²) in [6.07, 6.45) is 2.59. The zero-order valence-corrected chi connectivity index (χ0v) is 8.62. The molecule has 0 bridgehead atoms. The minimum Gasteiger partial charge on any atom is -0.497 e. The van der Waals surface area contributed by atoms with Crippen molar-refractivity contribution in [2.75, 3.05) is 20.2 Å². The summed E-state index contributed by atoms with van der Waals surface area (Å²) in [5, 5.41) is 3.43. The van der Waals surface area contributed by atoms with Gasteiger partial charge in [0, 0.05) is 6.54 Å². The van der Waals surface area contributed by atoms with Gasteiger partial charge in [0.05, 0.1) is 7.11 Å². The highest BCUT2D eigenvalue weighted by Gasteiger charge is 2.14. The molecule has 1 heterocycles. The van der Waals surface area contributed by atoms with Crippen LogP contribution in [-0.2, 0) is 0 Å². The molecular formula is C12H17NO. The molecular weight excluding hydrogens is 174 g/mol. The molecule has 0 saturated carbocycles. The molecule has 0 radical (unpaired) electrons. The van der Waals surface area contributed by atoms with Crippen molar-refractivity contribution in [3.8, 4) is 5.75 Å². The van der Waals surface area contributed by atoms with Crippen molar-refractivity contribution in [3.63, 3.8) is 0 Å². The van der Waals surface area contributed by atoms with Gasteiger partial charge in [-0.05, 0) is 43.0 Å². The number of ether oxygens (including phenoxy) is 1. The Hall–Kier alpha value is -1.02. The van der Waals surface area contributed by atoms with Gasteiger partial charge in [-0.2, -0.15) is 0 Å². The molecule has 76 valence electrons. The highest BCUT2D eigenvalue weighted by molar-refractivity contribution is 5.29. The first-order valence-electron chi connectivity index (χ1n) is 5.25. The topological polar surface area (TPSA) is 21.3 Å². The van der Waals surface area contributed by atoms with Gasteiger partial charge in [-0.25, -0.2) is 0 Å². The number of methoxy groups -OCH3 is 1. The van der Waals surface area contributed by atoms with Crippen LogP contribution >= 0.6 is 0 Å². The number of rotatable bonds is 2. The summed E-state index contributed by atoms with van der Waals surface area (Å²) in [5.41, 5.74) is 1.43. The normalized spacial score (nSPS) is 21.9. The monoisotopic (exact) mass is 191 g/mol. The zero-order chi connectivity index (χ0) is 9.80. The zero-order valence-electron chi connectivity index (χ0n) is 8.62. The van der Waals surface area contributed by atoms with E-state index in [1.54, 1.807) is 7.11 Å². The van der Waals surface area contributed by atoms with Crippen molar-refractivity contribution < 1.29 is 4.74 Å². The quantitative estimate of drug-likeness (QED) is 0.773. The molecule has 0 spiro atoms. The third kappa shape index (κ3) is 2.07. The van der Waals surface area contributed by atoms with Crippen LogP contribution in [0.5, 0.6) is 5.75 Å². The van der Waals surface area contributed by atoms with E-state index in [-0.39, 0.29) is 0 Å². The lowest BCUT2D eigenvalue weighted by atomic mass is 9.92. The van der Waals surface area contributed by atoms with E-state index >= 15 is 0 Å². The number of benzene rings is 1. The first kappa shape index (κ1) is 9.53. The molecule has 2 nitrogen and oxygen atoms in total. The van der Waals surface area contributed by atoms with Gasteiger partial charge in [0.15, 0.2) is 0 Å². The van der Waals surface area contributed by atoms with Gasteiger partial charge in [0.1, 0.15) is 5.75 Å². The Kier molecular flexibility index (Phi) is 3.04. The first-order chi connectivity index (χ1) is 6.90. The molecule has 2 heteroatoms. The van der Waals surface area contributed by atoms with E-state index in [4.69, 9.17) is 4.74 Å². The molecule has 1 fully saturated rings. The predicted molar refractivity (Wildman–Crippen MR) is 57.8 cm³/mol. The minimum absolute atomic E-state index is 0.689. The summed E-state index contributed by atoms with van der Waals surface area (Å²) in [6.45, 7) is 2.29. The van der Waals surface area contributed by atoms with E-state index in [0.29, 0.717) is 5.92 Å². The van der Waals surface area contributed by atoms with Crippen molar-refractivity contribution in [3.05, 3.63) is 29.8 Å². The largest absolute Gasteiger partial charge is 0.497 e. The third-order valence-corrected chi connectivity index (χ3v) is 2.88. The highest BCUT2D eigenvalue weighted by atomic mass is 16.5. The number of hydrogen-bond acceptors (Lipinski definition) is 2. The van der Waals surface area contributed by atoms with Crippen molar-refractivity contribution in [1.29, 1.82) is 0 Å². The summed E-state index contributed by atoms with van der Waals surface area (Å²) >= 11 is 0. The van der Waals surface area contributed by atoms with E-state index in [2.05, 4.69) is 17.4 Å². The van der Waals surface area contributed by atoms with Gasteiger partial charge < -0.3 is 10.1 Å². The van der Waals surface area contributed by atoms with Crippen LogP contribution in [0.3, 0.4) is 0 Å². The summed E-state index contributed by atoms with van der Waals surface area (Å²) < 4.78 is 5.14. The van der Waals surface area contributed by atoms with Crippen molar-refractivity contribution >= 4 is 0 Å². The molecule has 14 heavy (non-hydrogen) atoms. The molecule has 2 rings (SSSR count). The van der Waals surface area contributed by atoms with Gasteiger partial charge in [0.25, 0.3) is 0 Å². The Bertz CT molecular complexity index is 275. The molecule has 1 aliphatic rings. The fraction of sp³-hybridized carbons (Fsp3) is 0.500. The van der Waals surface area contributed by atoms with Crippen LogP contribution in [0.1, 0.15) is 24.3 Å². The number of nitrogens with one attached hydrogen (secondary N) is 1. The summed E-state index contributed by atoms with van der Waals surface area (Å²) in [4.78, 5) is 0. The second-order valence-electron chi connectivity index (χ2n) is 3.82. The Labute approximate surface area is 85.3 Å². The second kappa shape index (κ2) is 4.47. The van der Waals surface area contributed by atoms with E-state index in [0.717, 1.165) is 12.3 Å². The maximum Gasteiger partial charge on any atom is 0.118 e. The van der Waals surface area contributed by atoms with Crippen LogP contribution in [0, 0.1) is 0 Å². The highest BCUT2D eigenvalue weighted by Crippen LogP contribution is 2.24. The van der Waals surface area contributed by atoms with Gasteiger partial charge in [0.2, 0.25) is 0 Å². The number of hydrogen-bond donors (Lipinski definition) is 1. The maximum absolute atomic E-state index is 5.14. The summed E-state index contributed by atoms with van der Waals surface area (Å²) in [7, 11) is 1.71. The van der Waals surface area contributed by atoms with Crippen LogP contribution < -0.4 is 10.1 Å². The summed E-state index contributed by atoms with van der Waals surface area (Å²) in [6, 6.07) is 8.45. The molecule has 1 N–H and O–H groups in total. The van der Waals surface area contributed by atoms with Crippen molar-refractivity contribution in [2.24, 2.45) is 0 Å². The van der Waals surface area contributed by atoms with Crippen LogP contribution in [0.25, 0.3) is 0 Å². The fourth-order valence-electron chi connectivity index (χ4n) is 2.01. The fourth-order valence-corrected chi connectivity index (χ4v) is 2.01. The molecule has 1 aliphatic heterocycles. The SMILES string of the molecule is COc1ccc([C@H]2CCCNC2)cc1. The Balaban J connectivity index is 2.07. The van der Waals surface area contributed by atoms with Crippen LogP contribution in [0.15, 0.2) is 24.3 Å². The smallest absolute Gasteiger partial charge is 0.118 e. The average molecular weight is 191 g/mol. The Morgan fingerprint density at radius 2 is 2.07 bits per heavy atom. The lowest BCUT2D eigenvalue weighted by Crippen LogP contribution is -2.28.